The molecule has 1 unspecified atom stereocenters. The Balaban J connectivity index is 2.31. The maximum absolute atomic E-state index is 12.7. The van der Waals surface area contributed by atoms with Crippen LogP contribution in [0.25, 0.3) is 0 Å². The van der Waals surface area contributed by atoms with Gasteiger partial charge in [0.1, 0.15) is 0 Å². The highest BCUT2D eigenvalue weighted by Crippen LogP contribution is 2.47. The Morgan fingerprint density at radius 2 is 1.89 bits per heavy atom. The minimum atomic E-state index is -4.39. The summed E-state index contributed by atoms with van der Waals surface area (Å²) in [5.41, 5.74) is 4.86. The first-order chi connectivity index (χ1) is 8.89. The van der Waals surface area contributed by atoms with Crippen LogP contribution in [0.3, 0.4) is 0 Å². The highest BCUT2D eigenvalue weighted by molar-refractivity contribution is 5.28. The third-order valence-corrected chi connectivity index (χ3v) is 4.12. The monoisotopic (exact) mass is 273 g/mol. The second kappa shape index (κ2) is 5.13. The third-order valence-electron chi connectivity index (χ3n) is 4.12. The molecule has 1 aromatic rings. The van der Waals surface area contributed by atoms with E-state index >= 15 is 0 Å². The molecule has 5 heteroatoms. The summed E-state index contributed by atoms with van der Waals surface area (Å²) in [6, 6.07) is 4.91. The number of halogens is 3. The van der Waals surface area contributed by atoms with Gasteiger partial charge in [-0.1, -0.05) is 25.0 Å². The van der Waals surface area contributed by atoms with Gasteiger partial charge >= 0.3 is 6.18 Å². The van der Waals surface area contributed by atoms with Crippen molar-refractivity contribution in [2.75, 3.05) is 6.54 Å². The van der Waals surface area contributed by atoms with Crippen LogP contribution in [0.15, 0.2) is 24.3 Å². The third kappa shape index (κ3) is 2.77. The lowest BCUT2D eigenvalue weighted by atomic mass is 9.77. The first-order valence-electron chi connectivity index (χ1n) is 6.44. The van der Waals surface area contributed by atoms with Crippen LogP contribution in [0.4, 0.5) is 13.2 Å². The maximum Gasteiger partial charge on any atom is 0.416 e. The zero-order valence-corrected chi connectivity index (χ0v) is 10.6. The van der Waals surface area contributed by atoms with Gasteiger partial charge in [0, 0.05) is 12.0 Å². The van der Waals surface area contributed by atoms with Crippen molar-refractivity contribution in [2.24, 2.45) is 11.1 Å². The molecule has 1 fully saturated rings. The van der Waals surface area contributed by atoms with Crippen molar-refractivity contribution in [3.8, 4) is 0 Å². The predicted octanol–water partition coefficient (Wildman–Crippen LogP) is 3.26. The van der Waals surface area contributed by atoms with E-state index in [1.165, 1.54) is 12.1 Å². The van der Waals surface area contributed by atoms with Crippen molar-refractivity contribution in [3.63, 3.8) is 0 Å². The fourth-order valence-corrected chi connectivity index (χ4v) is 2.91. The van der Waals surface area contributed by atoms with Crippen molar-refractivity contribution in [1.82, 2.24) is 0 Å². The van der Waals surface area contributed by atoms with Crippen LogP contribution in [-0.2, 0) is 6.18 Å². The molecular weight excluding hydrogens is 255 g/mol. The maximum atomic E-state index is 12.7. The van der Waals surface area contributed by atoms with Gasteiger partial charge < -0.3 is 10.8 Å². The van der Waals surface area contributed by atoms with Crippen LogP contribution in [0.5, 0.6) is 0 Å². The van der Waals surface area contributed by atoms with Crippen LogP contribution >= 0.6 is 0 Å². The second-order valence-electron chi connectivity index (χ2n) is 5.30. The van der Waals surface area contributed by atoms with Crippen LogP contribution in [0, 0.1) is 5.41 Å². The van der Waals surface area contributed by atoms with Crippen molar-refractivity contribution >= 4 is 0 Å². The minimum Gasteiger partial charge on any atom is -0.388 e. The zero-order chi connectivity index (χ0) is 14.1. The number of benzene rings is 1. The van der Waals surface area contributed by atoms with Gasteiger partial charge in [-0.15, -0.1) is 0 Å². The number of aliphatic hydroxyl groups excluding tert-OH is 1. The lowest BCUT2D eigenvalue weighted by Gasteiger charge is -2.33. The Morgan fingerprint density at radius 1 is 1.26 bits per heavy atom. The largest absolute Gasteiger partial charge is 0.416 e. The number of hydrogen-bond acceptors (Lipinski definition) is 2. The van der Waals surface area contributed by atoms with E-state index in [9.17, 15) is 18.3 Å². The highest BCUT2D eigenvalue weighted by Gasteiger charge is 2.41. The van der Waals surface area contributed by atoms with E-state index < -0.39 is 23.3 Å². The summed E-state index contributed by atoms with van der Waals surface area (Å²) in [5, 5.41) is 10.4. The average molecular weight is 273 g/mol. The molecule has 0 aliphatic heterocycles. The van der Waals surface area contributed by atoms with Crippen LogP contribution in [-0.4, -0.2) is 11.7 Å². The number of rotatable bonds is 3. The molecule has 0 aromatic heterocycles. The Labute approximate surface area is 110 Å². The molecule has 1 aliphatic rings. The zero-order valence-electron chi connectivity index (χ0n) is 10.6. The summed E-state index contributed by atoms with van der Waals surface area (Å²) in [7, 11) is 0. The second-order valence-corrected chi connectivity index (χ2v) is 5.30. The van der Waals surface area contributed by atoms with Crippen molar-refractivity contribution in [1.29, 1.82) is 0 Å². The number of hydrogen-bond donors (Lipinski definition) is 2. The molecule has 1 atom stereocenters. The highest BCUT2D eigenvalue weighted by atomic mass is 19.4. The van der Waals surface area contributed by atoms with Gasteiger partial charge in [-0.05, 0) is 30.5 Å². The van der Waals surface area contributed by atoms with E-state index in [0.29, 0.717) is 12.1 Å². The Morgan fingerprint density at radius 3 is 2.42 bits per heavy atom. The molecule has 2 rings (SSSR count). The predicted molar refractivity (Wildman–Crippen MR) is 66.4 cm³/mol. The molecule has 0 amide bonds. The summed E-state index contributed by atoms with van der Waals surface area (Å²) < 4.78 is 38.0. The fourth-order valence-electron chi connectivity index (χ4n) is 2.91. The molecular formula is C14H18F3NO. The van der Waals surface area contributed by atoms with E-state index in [1.54, 1.807) is 0 Å². The fraction of sp³-hybridized carbons (Fsp3) is 0.571. The molecule has 2 nitrogen and oxygen atoms in total. The number of alkyl halides is 3. The average Bonchev–Trinajstić information content (AvgIpc) is 2.87. The molecule has 1 aliphatic carbocycles. The summed E-state index contributed by atoms with van der Waals surface area (Å²) in [6.45, 7) is 0.296. The number of nitrogens with two attached hydrogens (primary N) is 1. The quantitative estimate of drug-likeness (QED) is 0.888. The molecule has 0 spiro atoms. The van der Waals surface area contributed by atoms with Gasteiger partial charge in [0.2, 0.25) is 0 Å². The smallest absolute Gasteiger partial charge is 0.388 e. The summed E-state index contributed by atoms with van der Waals surface area (Å²) in [4.78, 5) is 0. The SMILES string of the molecule is NCC1(C(O)c2cccc(C(F)(F)F)c2)CCCC1. The molecule has 3 N–H and O–H groups in total. The van der Waals surface area contributed by atoms with Gasteiger partial charge in [0.25, 0.3) is 0 Å². The van der Waals surface area contributed by atoms with Gasteiger partial charge in [-0.2, -0.15) is 13.2 Å². The molecule has 0 radical (unpaired) electrons. The lowest BCUT2D eigenvalue weighted by Crippen LogP contribution is -2.34. The van der Waals surface area contributed by atoms with Crippen molar-refractivity contribution in [3.05, 3.63) is 35.4 Å². The Kier molecular flexibility index (Phi) is 3.87. The van der Waals surface area contributed by atoms with Gasteiger partial charge in [0.15, 0.2) is 0 Å². The lowest BCUT2D eigenvalue weighted by molar-refractivity contribution is -0.137. The molecule has 0 heterocycles. The standard InChI is InChI=1S/C14H18F3NO/c15-14(16,17)11-5-3-4-10(8-11)12(19)13(9-18)6-1-2-7-13/h3-5,8,12,19H,1-2,6-7,9,18H2. The van der Waals surface area contributed by atoms with E-state index in [4.69, 9.17) is 5.73 Å². The van der Waals surface area contributed by atoms with E-state index in [0.717, 1.165) is 37.8 Å². The topological polar surface area (TPSA) is 46.2 Å². The molecule has 1 aromatic carbocycles. The van der Waals surface area contributed by atoms with E-state index in [2.05, 4.69) is 0 Å². The summed E-state index contributed by atoms with van der Waals surface area (Å²) in [6.07, 6.45) is -1.86. The molecule has 1 saturated carbocycles. The van der Waals surface area contributed by atoms with Crippen LogP contribution < -0.4 is 5.73 Å². The van der Waals surface area contributed by atoms with E-state index in [-0.39, 0.29) is 0 Å². The van der Waals surface area contributed by atoms with Crippen LogP contribution in [0.1, 0.15) is 42.9 Å². The number of aliphatic hydroxyl groups is 1. The van der Waals surface area contributed by atoms with Gasteiger partial charge in [0.05, 0.1) is 11.7 Å². The summed E-state index contributed by atoms with van der Waals surface area (Å²) in [5.74, 6) is 0. The Bertz CT molecular complexity index is 439. The van der Waals surface area contributed by atoms with Gasteiger partial charge in [-0.3, -0.25) is 0 Å². The molecule has 0 saturated heterocycles. The molecule has 0 bridgehead atoms. The van der Waals surface area contributed by atoms with Crippen LogP contribution in [0.2, 0.25) is 0 Å². The first-order valence-corrected chi connectivity index (χ1v) is 6.44. The summed E-state index contributed by atoms with van der Waals surface area (Å²) >= 11 is 0. The van der Waals surface area contributed by atoms with Crippen molar-refractivity contribution < 1.29 is 18.3 Å². The first kappa shape index (κ1) is 14.3. The van der Waals surface area contributed by atoms with E-state index in [1.807, 2.05) is 0 Å². The molecule has 106 valence electrons. The van der Waals surface area contributed by atoms with Crippen molar-refractivity contribution in [2.45, 2.75) is 38.0 Å². The van der Waals surface area contributed by atoms with Gasteiger partial charge in [-0.25, -0.2) is 0 Å². The minimum absolute atomic E-state index is 0.296. The molecule has 19 heavy (non-hydrogen) atoms. The normalized spacial score (nSPS) is 20.5. The Hall–Kier alpha value is -1.07.